The summed E-state index contributed by atoms with van der Waals surface area (Å²) in [6.07, 6.45) is 1.74. The van der Waals surface area contributed by atoms with Gasteiger partial charge < -0.3 is 4.90 Å². The molecule has 0 saturated carbocycles. The Hall–Kier alpha value is -1.00. The molecule has 0 saturated heterocycles. The summed E-state index contributed by atoms with van der Waals surface area (Å²) in [5, 5.41) is 5.11. The molecule has 1 aromatic rings. The molecule has 0 amide bonds. The molecule has 0 N–H and O–H groups in total. The maximum Gasteiger partial charge on any atom is 0.146 e. The van der Waals surface area contributed by atoms with E-state index in [2.05, 4.69) is 10.1 Å². The Bertz CT molecular complexity index is 447. The minimum atomic E-state index is 0.380. The van der Waals surface area contributed by atoms with E-state index in [-0.39, 0.29) is 0 Å². The van der Waals surface area contributed by atoms with E-state index in [0.29, 0.717) is 16.9 Å². The molecule has 0 aromatic carbocycles. The van der Waals surface area contributed by atoms with Gasteiger partial charge in [-0.05, 0) is 6.92 Å². The highest BCUT2D eigenvalue weighted by Crippen LogP contribution is 2.21. The highest BCUT2D eigenvalue weighted by atomic mass is 35.5. The van der Waals surface area contributed by atoms with Crippen molar-refractivity contribution in [3.8, 4) is 0 Å². The highest BCUT2D eigenvalue weighted by Gasteiger charge is 2.16. The van der Waals surface area contributed by atoms with Gasteiger partial charge in [0.1, 0.15) is 16.1 Å². The molecule has 15 heavy (non-hydrogen) atoms. The molecule has 0 unspecified atom stereocenters. The fraction of sp³-hybridized carbons (Fsp3) is 0.333. The number of hydrogen-bond acceptors (Lipinski definition) is 3. The zero-order valence-electron chi connectivity index (χ0n) is 8.41. The number of nitrogens with zero attached hydrogens (tertiary/aromatic N) is 4. The lowest BCUT2D eigenvalue weighted by Crippen LogP contribution is -2.26. The second-order valence-corrected chi connectivity index (χ2v) is 4.16. The molecular weight excluding hydrogens is 235 g/mol. The normalized spacial score (nSPS) is 16.4. The average molecular weight is 245 g/mol. The van der Waals surface area contributed by atoms with Crippen molar-refractivity contribution in [1.29, 1.82) is 0 Å². The Morgan fingerprint density at radius 1 is 1.40 bits per heavy atom. The predicted molar refractivity (Wildman–Crippen MR) is 62.5 cm³/mol. The van der Waals surface area contributed by atoms with Crippen LogP contribution in [0.3, 0.4) is 0 Å². The number of aromatic nitrogens is 2. The number of hydrogen-bond donors (Lipinski definition) is 0. The van der Waals surface area contributed by atoms with Crippen LogP contribution in [-0.4, -0.2) is 21.5 Å². The third-order valence-electron chi connectivity index (χ3n) is 2.06. The quantitative estimate of drug-likeness (QED) is 0.711. The Balaban J connectivity index is 2.34. The van der Waals surface area contributed by atoms with Crippen molar-refractivity contribution in [2.45, 2.75) is 6.92 Å². The van der Waals surface area contributed by atoms with E-state index in [1.165, 1.54) is 0 Å². The third-order valence-corrected chi connectivity index (χ3v) is 2.45. The predicted octanol–water partition coefficient (Wildman–Crippen LogP) is 2.22. The lowest BCUT2D eigenvalue weighted by atomic mass is 10.4. The molecule has 2 rings (SSSR count). The van der Waals surface area contributed by atoms with E-state index in [9.17, 15) is 0 Å². The van der Waals surface area contributed by atoms with Gasteiger partial charge in [0.2, 0.25) is 0 Å². The monoisotopic (exact) mass is 244 g/mol. The van der Waals surface area contributed by atoms with Crippen molar-refractivity contribution < 1.29 is 0 Å². The van der Waals surface area contributed by atoms with Crippen LogP contribution in [0.15, 0.2) is 22.4 Å². The standard InChI is InChI=1S/C9H10Cl2N4/c1-6-3-9(14(2)13-6)15-4-7(10)12-8(11)5-15/h3-4H,5H2,1-2H3. The first-order valence-corrected chi connectivity index (χ1v) is 5.19. The number of aliphatic imine (C=N–C) groups is 1. The van der Waals surface area contributed by atoms with Crippen LogP contribution in [0.1, 0.15) is 5.69 Å². The number of halogens is 2. The first-order chi connectivity index (χ1) is 7.06. The van der Waals surface area contributed by atoms with E-state index >= 15 is 0 Å². The van der Waals surface area contributed by atoms with Gasteiger partial charge in [0.25, 0.3) is 0 Å². The smallest absolute Gasteiger partial charge is 0.146 e. The van der Waals surface area contributed by atoms with Gasteiger partial charge in [0.05, 0.1) is 12.2 Å². The van der Waals surface area contributed by atoms with Gasteiger partial charge in [0.15, 0.2) is 0 Å². The Morgan fingerprint density at radius 3 is 2.67 bits per heavy atom. The van der Waals surface area contributed by atoms with Gasteiger partial charge in [-0.25, -0.2) is 4.99 Å². The Kier molecular flexibility index (Phi) is 2.71. The van der Waals surface area contributed by atoms with E-state index in [1.54, 1.807) is 10.9 Å². The Labute approximate surface area is 97.8 Å². The summed E-state index contributed by atoms with van der Waals surface area (Å²) in [6, 6.07) is 1.97. The summed E-state index contributed by atoms with van der Waals surface area (Å²) in [5.74, 6) is 0.943. The lowest BCUT2D eigenvalue weighted by Gasteiger charge is -2.22. The molecule has 80 valence electrons. The zero-order chi connectivity index (χ0) is 11.0. The summed E-state index contributed by atoms with van der Waals surface area (Å²) in [4.78, 5) is 5.85. The molecule has 0 fully saturated rings. The van der Waals surface area contributed by atoms with Crippen LogP contribution in [-0.2, 0) is 7.05 Å². The molecule has 0 atom stereocenters. The van der Waals surface area contributed by atoms with Gasteiger partial charge in [-0.2, -0.15) is 5.10 Å². The fourth-order valence-corrected chi connectivity index (χ4v) is 1.99. The van der Waals surface area contributed by atoms with Crippen molar-refractivity contribution in [2.24, 2.45) is 12.0 Å². The van der Waals surface area contributed by atoms with E-state index in [4.69, 9.17) is 23.2 Å². The second kappa shape index (κ2) is 3.87. The molecule has 1 aliphatic rings. The lowest BCUT2D eigenvalue weighted by molar-refractivity contribution is 0.745. The van der Waals surface area contributed by atoms with Crippen LogP contribution < -0.4 is 4.90 Å². The molecule has 0 spiro atoms. The fourth-order valence-electron chi connectivity index (χ4n) is 1.51. The molecule has 0 radical (unpaired) electrons. The molecule has 2 heterocycles. The maximum absolute atomic E-state index is 5.87. The molecule has 0 aliphatic carbocycles. The molecule has 1 aliphatic heterocycles. The van der Waals surface area contributed by atoms with Crippen LogP contribution in [0.2, 0.25) is 0 Å². The van der Waals surface area contributed by atoms with E-state index in [0.717, 1.165) is 11.5 Å². The van der Waals surface area contributed by atoms with Crippen LogP contribution >= 0.6 is 23.2 Å². The highest BCUT2D eigenvalue weighted by molar-refractivity contribution is 6.66. The minimum absolute atomic E-state index is 0.380. The summed E-state index contributed by atoms with van der Waals surface area (Å²) < 4.78 is 1.78. The molecule has 6 heteroatoms. The molecule has 1 aromatic heterocycles. The van der Waals surface area contributed by atoms with Crippen molar-refractivity contribution in [3.05, 3.63) is 23.1 Å². The van der Waals surface area contributed by atoms with Crippen molar-refractivity contribution in [3.63, 3.8) is 0 Å². The minimum Gasteiger partial charge on any atom is -0.323 e. The summed E-state index contributed by atoms with van der Waals surface area (Å²) in [6.45, 7) is 2.46. The summed E-state index contributed by atoms with van der Waals surface area (Å²) in [7, 11) is 1.88. The zero-order valence-corrected chi connectivity index (χ0v) is 9.92. The topological polar surface area (TPSA) is 33.4 Å². The van der Waals surface area contributed by atoms with Crippen LogP contribution in [0, 0.1) is 6.92 Å². The first kappa shape index (κ1) is 10.5. The number of anilines is 1. The SMILES string of the molecule is Cc1cc(N2C=C(Cl)N=C(Cl)C2)n(C)n1. The van der Waals surface area contributed by atoms with Crippen molar-refractivity contribution in [1.82, 2.24) is 9.78 Å². The van der Waals surface area contributed by atoms with Gasteiger partial charge in [-0.3, -0.25) is 4.68 Å². The largest absolute Gasteiger partial charge is 0.323 e. The van der Waals surface area contributed by atoms with Crippen molar-refractivity contribution >= 4 is 34.2 Å². The van der Waals surface area contributed by atoms with Gasteiger partial charge in [0, 0.05) is 19.3 Å². The van der Waals surface area contributed by atoms with Gasteiger partial charge in [-0.1, -0.05) is 23.2 Å². The third kappa shape index (κ3) is 2.16. The van der Waals surface area contributed by atoms with Gasteiger partial charge >= 0.3 is 0 Å². The molecule has 0 bridgehead atoms. The second-order valence-electron chi connectivity index (χ2n) is 3.34. The maximum atomic E-state index is 5.87. The first-order valence-electron chi connectivity index (χ1n) is 4.44. The van der Waals surface area contributed by atoms with Crippen LogP contribution in [0.4, 0.5) is 5.82 Å². The number of rotatable bonds is 1. The number of aryl methyl sites for hydroxylation is 2. The van der Waals surface area contributed by atoms with Gasteiger partial charge in [-0.15, -0.1) is 0 Å². The summed E-state index contributed by atoms with van der Waals surface area (Å²) in [5.41, 5.74) is 0.954. The molecule has 4 nitrogen and oxygen atoms in total. The summed E-state index contributed by atoms with van der Waals surface area (Å²) >= 11 is 11.7. The molecular formula is C9H10Cl2N4. The van der Waals surface area contributed by atoms with Crippen LogP contribution in [0.5, 0.6) is 0 Å². The Morgan fingerprint density at radius 2 is 2.13 bits per heavy atom. The van der Waals surface area contributed by atoms with Crippen LogP contribution in [0.25, 0.3) is 0 Å². The van der Waals surface area contributed by atoms with Crippen molar-refractivity contribution in [2.75, 3.05) is 11.4 Å². The van der Waals surface area contributed by atoms with E-state index in [1.807, 2.05) is 24.9 Å². The average Bonchev–Trinajstić information content (AvgIpc) is 2.43. The van der Waals surface area contributed by atoms with E-state index < -0.39 is 0 Å².